The van der Waals surface area contributed by atoms with Crippen molar-refractivity contribution in [2.24, 2.45) is 0 Å². The Bertz CT molecular complexity index is 361. The number of rotatable bonds is 3. The number of benzene rings is 1. The zero-order valence-corrected chi connectivity index (χ0v) is 7.68. The molecule has 0 aliphatic rings. The van der Waals surface area contributed by atoms with Crippen LogP contribution >= 0.6 is 0 Å². The van der Waals surface area contributed by atoms with E-state index in [0.717, 1.165) is 6.07 Å². The lowest BCUT2D eigenvalue weighted by atomic mass is 10.1. The second-order valence-corrected chi connectivity index (χ2v) is 2.96. The van der Waals surface area contributed by atoms with Crippen molar-refractivity contribution in [3.05, 3.63) is 29.3 Å². The summed E-state index contributed by atoms with van der Waals surface area (Å²) in [5, 5.41) is 9.16. The third kappa shape index (κ3) is 2.07. The summed E-state index contributed by atoms with van der Waals surface area (Å²) in [5.41, 5.74) is -0.288. The molecule has 0 fully saturated rings. The summed E-state index contributed by atoms with van der Waals surface area (Å²) in [6.07, 6.45) is 0.729. The average Bonchev–Trinajstić information content (AvgIpc) is 2.11. The van der Waals surface area contributed by atoms with Crippen molar-refractivity contribution in [1.29, 1.82) is 0 Å². The molecule has 14 heavy (non-hydrogen) atoms. The van der Waals surface area contributed by atoms with E-state index < -0.39 is 23.2 Å². The highest BCUT2D eigenvalue weighted by Crippen LogP contribution is 2.24. The SMILES string of the molecule is CCCC(=O)c1cc(F)cc(F)c1O. The summed E-state index contributed by atoms with van der Waals surface area (Å²) >= 11 is 0. The summed E-state index contributed by atoms with van der Waals surface area (Å²) in [4.78, 5) is 11.3. The maximum atomic E-state index is 12.8. The number of phenols is 1. The summed E-state index contributed by atoms with van der Waals surface area (Å²) < 4.78 is 25.5. The summed E-state index contributed by atoms with van der Waals surface area (Å²) in [7, 11) is 0. The van der Waals surface area contributed by atoms with Gasteiger partial charge < -0.3 is 5.11 Å². The van der Waals surface area contributed by atoms with E-state index in [1.807, 2.05) is 0 Å². The number of hydrogen-bond acceptors (Lipinski definition) is 2. The van der Waals surface area contributed by atoms with Crippen molar-refractivity contribution in [2.75, 3.05) is 0 Å². The quantitative estimate of drug-likeness (QED) is 0.761. The van der Waals surface area contributed by atoms with E-state index in [4.69, 9.17) is 5.11 Å². The minimum absolute atomic E-state index is 0.163. The molecule has 2 nitrogen and oxygen atoms in total. The maximum Gasteiger partial charge on any atom is 0.168 e. The predicted molar refractivity (Wildman–Crippen MR) is 47.3 cm³/mol. The van der Waals surface area contributed by atoms with Gasteiger partial charge in [-0.3, -0.25) is 4.79 Å². The molecule has 0 atom stereocenters. The van der Waals surface area contributed by atoms with Gasteiger partial charge in [0.05, 0.1) is 5.56 Å². The van der Waals surface area contributed by atoms with Crippen LogP contribution in [0.1, 0.15) is 30.1 Å². The Morgan fingerprint density at radius 2 is 2.07 bits per heavy atom. The first-order valence-corrected chi connectivity index (χ1v) is 4.27. The number of Topliss-reactive ketones (excluding diaryl/α,β-unsaturated/α-hetero) is 1. The molecule has 76 valence electrons. The second-order valence-electron chi connectivity index (χ2n) is 2.96. The highest BCUT2D eigenvalue weighted by Gasteiger charge is 2.15. The molecule has 0 heterocycles. The number of carbonyl (C=O) groups is 1. The van der Waals surface area contributed by atoms with Crippen LogP contribution in [0.5, 0.6) is 5.75 Å². The number of carbonyl (C=O) groups excluding carboxylic acids is 1. The third-order valence-electron chi connectivity index (χ3n) is 1.81. The Morgan fingerprint density at radius 1 is 1.43 bits per heavy atom. The van der Waals surface area contributed by atoms with Crippen molar-refractivity contribution >= 4 is 5.78 Å². The van der Waals surface area contributed by atoms with Gasteiger partial charge in [0.1, 0.15) is 5.82 Å². The second kappa shape index (κ2) is 4.17. The molecule has 0 unspecified atom stereocenters. The van der Waals surface area contributed by atoms with Crippen molar-refractivity contribution < 1.29 is 18.7 Å². The summed E-state index contributed by atoms with van der Waals surface area (Å²) in [6, 6.07) is 1.38. The van der Waals surface area contributed by atoms with Crippen molar-refractivity contribution in [3.8, 4) is 5.75 Å². The number of phenolic OH excluding ortho intramolecular Hbond substituents is 1. The van der Waals surface area contributed by atoms with Gasteiger partial charge in [-0.15, -0.1) is 0 Å². The van der Waals surface area contributed by atoms with Crippen LogP contribution in [-0.2, 0) is 0 Å². The molecule has 0 aliphatic heterocycles. The van der Waals surface area contributed by atoms with Crippen molar-refractivity contribution in [3.63, 3.8) is 0 Å². The molecular formula is C10H10F2O2. The molecule has 1 aromatic carbocycles. The normalized spacial score (nSPS) is 10.2. The first kappa shape index (κ1) is 10.6. The fourth-order valence-corrected chi connectivity index (χ4v) is 1.14. The molecule has 4 heteroatoms. The standard InChI is InChI=1S/C10H10F2O2/c1-2-3-9(13)7-4-6(11)5-8(12)10(7)14/h4-5,14H,2-3H2,1H3. The number of hydrogen-bond donors (Lipinski definition) is 1. The van der Waals surface area contributed by atoms with Crippen LogP contribution in [0.3, 0.4) is 0 Å². The first-order chi connectivity index (χ1) is 6.56. The van der Waals surface area contributed by atoms with Crippen LogP contribution in [0, 0.1) is 11.6 Å². The molecule has 0 aliphatic carbocycles. The Balaban J connectivity index is 3.13. The molecule has 0 bridgehead atoms. The van der Waals surface area contributed by atoms with Crippen LogP contribution in [0.15, 0.2) is 12.1 Å². The molecular weight excluding hydrogens is 190 g/mol. The van der Waals surface area contributed by atoms with E-state index >= 15 is 0 Å². The third-order valence-corrected chi connectivity index (χ3v) is 1.81. The Kier molecular flexibility index (Phi) is 3.17. The van der Waals surface area contributed by atoms with Gasteiger partial charge in [-0.05, 0) is 12.5 Å². The minimum Gasteiger partial charge on any atom is -0.504 e. The molecule has 1 rings (SSSR count). The van der Waals surface area contributed by atoms with Gasteiger partial charge >= 0.3 is 0 Å². The summed E-state index contributed by atoms with van der Waals surface area (Å²) in [5.74, 6) is -3.20. The number of aromatic hydroxyl groups is 1. The lowest BCUT2D eigenvalue weighted by Gasteiger charge is -2.03. The van der Waals surface area contributed by atoms with Gasteiger partial charge in [0, 0.05) is 12.5 Å². The minimum atomic E-state index is -1.11. The maximum absolute atomic E-state index is 12.8. The van der Waals surface area contributed by atoms with Crippen molar-refractivity contribution in [1.82, 2.24) is 0 Å². The lowest BCUT2D eigenvalue weighted by Crippen LogP contribution is -2.01. The Labute approximate surface area is 80.2 Å². The first-order valence-electron chi connectivity index (χ1n) is 4.27. The zero-order chi connectivity index (χ0) is 10.7. The largest absolute Gasteiger partial charge is 0.504 e. The van der Waals surface area contributed by atoms with E-state index in [1.54, 1.807) is 6.92 Å². The van der Waals surface area contributed by atoms with Crippen LogP contribution in [0.2, 0.25) is 0 Å². The van der Waals surface area contributed by atoms with E-state index in [1.165, 1.54) is 0 Å². The molecule has 0 aromatic heterocycles. The van der Waals surface area contributed by atoms with E-state index in [2.05, 4.69) is 0 Å². The predicted octanol–water partition coefficient (Wildman–Crippen LogP) is 2.65. The summed E-state index contributed by atoms with van der Waals surface area (Å²) in [6.45, 7) is 1.77. The van der Waals surface area contributed by atoms with E-state index in [-0.39, 0.29) is 12.0 Å². The van der Waals surface area contributed by atoms with E-state index in [0.29, 0.717) is 12.5 Å². The van der Waals surface area contributed by atoms with Crippen LogP contribution < -0.4 is 0 Å². The molecule has 0 spiro atoms. The topological polar surface area (TPSA) is 37.3 Å². The fourth-order valence-electron chi connectivity index (χ4n) is 1.14. The zero-order valence-electron chi connectivity index (χ0n) is 7.68. The smallest absolute Gasteiger partial charge is 0.168 e. The van der Waals surface area contributed by atoms with Gasteiger partial charge in [-0.25, -0.2) is 8.78 Å². The number of halogens is 2. The fraction of sp³-hybridized carbons (Fsp3) is 0.300. The molecule has 0 saturated heterocycles. The van der Waals surface area contributed by atoms with Crippen LogP contribution in [-0.4, -0.2) is 10.9 Å². The molecule has 0 amide bonds. The Morgan fingerprint density at radius 3 is 2.64 bits per heavy atom. The highest BCUT2D eigenvalue weighted by atomic mass is 19.1. The number of ketones is 1. The molecule has 1 aromatic rings. The molecule has 0 radical (unpaired) electrons. The van der Waals surface area contributed by atoms with Crippen molar-refractivity contribution in [2.45, 2.75) is 19.8 Å². The van der Waals surface area contributed by atoms with Crippen LogP contribution in [0.4, 0.5) is 8.78 Å². The van der Waals surface area contributed by atoms with Gasteiger partial charge in [-0.2, -0.15) is 0 Å². The average molecular weight is 200 g/mol. The van der Waals surface area contributed by atoms with Gasteiger partial charge in [0.25, 0.3) is 0 Å². The lowest BCUT2D eigenvalue weighted by molar-refractivity contribution is 0.0978. The van der Waals surface area contributed by atoms with Gasteiger partial charge in [0.2, 0.25) is 0 Å². The monoisotopic (exact) mass is 200 g/mol. The molecule has 1 N–H and O–H groups in total. The van der Waals surface area contributed by atoms with Gasteiger partial charge in [-0.1, -0.05) is 6.92 Å². The van der Waals surface area contributed by atoms with Gasteiger partial charge in [0.15, 0.2) is 17.3 Å². The Hall–Kier alpha value is -1.45. The van der Waals surface area contributed by atoms with E-state index in [9.17, 15) is 13.6 Å². The molecule has 0 saturated carbocycles. The van der Waals surface area contributed by atoms with Crippen LogP contribution in [0.25, 0.3) is 0 Å². The highest BCUT2D eigenvalue weighted by molar-refractivity contribution is 5.98.